The van der Waals surface area contributed by atoms with Gasteiger partial charge in [0.05, 0.1) is 25.6 Å². The summed E-state index contributed by atoms with van der Waals surface area (Å²) in [5, 5.41) is 15.3. The van der Waals surface area contributed by atoms with Crippen molar-refractivity contribution in [3.63, 3.8) is 0 Å². The highest BCUT2D eigenvalue weighted by Gasteiger charge is 2.38. The Balaban J connectivity index is 1.47. The molecule has 4 rings (SSSR count). The van der Waals surface area contributed by atoms with Gasteiger partial charge in [-0.15, -0.1) is 0 Å². The van der Waals surface area contributed by atoms with Crippen molar-refractivity contribution in [3.05, 3.63) is 64.2 Å². The molecule has 0 saturated carbocycles. The first-order chi connectivity index (χ1) is 15.8. The van der Waals surface area contributed by atoms with E-state index in [9.17, 15) is 9.59 Å². The molecule has 1 fully saturated rings. The van der Waals surface area contributed by atoms with Crippen molar-refractivity contribution < 1.29 is 14.3 Å². The van der Waals surface area contributed by atoms with Crippen LogP contribution in [0.5, 0.6) is 5.75 Å². The Labute approximate surface area is 199 Å². The van der Waals surface area contributed by atoms with E-state index in [1.54, 1.807) is 24.3 Å². The number of carbonyl (C=O) groups excluding carboxylic acids is 2. The van der Waals surface area contributed by atoms with Crippen LogP contribution in [0.2, 0.25) is 5.02 Å². The topological polar surface area (TPSA) is 94.5 Å². The molecule has 1 saturated heterocycles. The van der Waals surface area contributed by atoms with Gasteiger partial charge in [-0.25, -0.2) is 0 Å². The Morgan fingerprint density at radius 2 is 2.06 bits per heavy atom. The molecule has 0 aliphatic carbocycles. The normalized spacial score (nSPS) is 19.4. The van der Waals surface area contributed by atoms with Crippen LogP contribution in [-0.2, 0) is 11.3 Å². The van der Waals surface area contributed by atoms with Gasteiger partial charge in [-0.3, -0.25) is 19.9 Å². The summed E-state index contributed by atoms with van der Waals surface area (Å²) < 4.78 is 5.68. The molecule has 7 nitrogen and oxygen atoms in total. The lowest BCUT2D eigenvalue weighted by Crippen LogP contribution is -2.61. The summed E-state index contributed by atoms with van der Waals surface area (Å²) in [6.45, 7) is 4.81. The molecule has 2 aromatic carbocycles. The number of hydrogen-bond acceptors (Lipinski definition) is 4. The Hall–Kier alpha value is -3.06. The van der Waals surface area contributed by atoms with Crippen molar-refractivity contribution >= 4 is 29.4 Å². The number of amides is 2. The van der Waals surface area contributed by atoms with Gasteiger partial charge >= 0.3 is 0 Å². The average molecular weight is 469 g/mol. The molecule has 8 heteroatoms. The molecule has 33 heavy (non-hydrogen) atoms. The van der Waals surface area contributed by atoms with Crippen LogP contribution < -0.4 is 15.4 Å². The van der Waals surface area contributed by atoms with Crippen molar-refractivity contribution in [3.8, 4) is 5.75 Å². The molecule has 2 aliphatic rings. The average Bonchev–Trinajstić information content (AvgIpc) is 2.82. The van der Waals surface area contributed by atoms with E-state index < -0.39 is 0 Å². The third-order valence-electron chi connectivity index (χ3n) is 6.64. The van der Waals surface area contributed by atoms with Crippen LogP contribution in [0.15, 0.2) is 42.5 Å². The van der Waals surface area contributed by atoms with Crippen molar-refractivity contribution in [2.45, 2.75) is 57.7 Å². The molecule has 1 unspecified atom stereocenters. The third kappa shape index (κ3) is 4.83. The summed E-state index contributed by atoms with van der Waals surface area (Å²) in [7, 11) is 0. The third-order valence-corrected chi connectivity index (χ3v) is 6.88. The maximum Gasteiger partial charge on any atom is 0.251 e. The Morgan fingerprint density at radius 3 is 2.79 bits per heavy atom. The van der Waals surface area contributed by atoms with Crippen molar-refractivity contribution in [2.24, 2.45) is 0 Å². The van der Waals surface area contributed by atoms with Crippen molar-refractivity contribution in [2.75, 3.05) is 6.61 Å². The summed E-state index contributed by atoms with van der Waals surface area (Å²) in [6, 6.07) is 12.4. The largest absolute Gasteiger partial charge is 0.493 e. The number of halogens is 1. The fourth-order valence-corrected chi connectivity index (χ4v) is 4.65. The molecule has 0 aromatic heterocycles. The number of nitrogens with one attached hydrogen (secondary N) is 3. The molecular formula is C25H29ClN4O3. The summed E-state index contributed by atoms with van der Waals surface area (Å²) >= 11 is 6.15. The van der Waals surface area contributed by atoms with Gasteiger partial charge in [-0.1, -0.05) is 37.6 Å². The molecule has 2 heterocycles. The quantitative estimate of drug-likeness (QED) is 0.585. The maximum absolute atomic E-state index is 13.0. The molecule has 0 bridgehead atoms. The van der Waals surface area contributed by atoms with Gasteiger partial charge in [0.2, 0.25) is 5.91 Å². The Bertz CT molecular complexity index is 1060. The number of hydrogen-bond donors (Lipinski definition) is 3. The number of ether oxygens (including phenoxy) is 1. The van der Waals surface area contributed by atoms with E-state index in [0.717, 1.165) is 29.7 Å². The first-order valence-corrected chi connectivity index (χ1v) is 11.7. The van der Waals surface area contributed by atoms with Gasteiger partial charge in [0, 0.05) is 28.1 Å². The first-order valence-electron chi connectivity index (χ1n) is 11.3. The zero-order valence-electron chi connectivity index (χ0n) is 18.9. The minimum Gasteiger partial charge on any atom is -0.493 e. The van der Waals surface area contributed by atoms with Gasteiger partial charge in [0.1, 0.15) is 5.75 Å². The molecule has 2 aromatic rings. The standard InChI is InChI=1S/C25H29ClN4O3/c1-3-25(4-2)14-22(31)30(24(27)29-25)15-16-6-5-7-17(12-16)23(32)28-20-10-11-33-21-9-8-18(26)13-19(20)21/h5-9,12-13,20H,3-4,10-11,14-15H2,1-2H3,(H2,27,29)(H,28,32). The zero-order valence-corrected chi connectivity index (χ0v) is 19.7. The highest BCUT2D eigenvalue weighted by molar-refractivity contribution is 6.30. The summed E-state index contributed by atoms with van der Waals surface area (Å²) in [4.78, 5) is 27.3. The fourth-order valence-electron chi connectivity index (χ4n) is 4.47. The molecule has 2 amide bonds. The number of fused-ring (bicyclic) bond motifs is 1. The molecular weight excluding hydrogens is 440 g/mol. The predicted octanol–water partition coefficient (Wildman–Crippen LogP) is 4.41. The summed E-state index contributed by atoms with van der Waals surface area (Å²) in [5.74, 6) is 0.562. The minimum atomic E-state index is -0.352. The van der Waals surface area contributed by atoms with Crippen LogP contribution in [0, 0.1) is 5.41 Å². The van der Waals surface area contributed by atoms with E-state index in [1.165, 1.54) is 4.90 Å². The smallest absolute Gasteiger partial charge is 0.251 e. The van der Waals surface area contributed by atoms with Crippen LogP contribution >= 0.6 is 11.6 Å². The van der Waals surface area contributed by atoms with Crippen LogP contribution in [0.3, 0.4) is 0 Å². The summed E-state index contributed by atoms with van der Waals surface area (Å²) in [6.07, 6.45) is 2.57. The Morgan fingerprint density at radius 1 is 1.27 bits per heavy atom. The highest BCUT2D eigenvalue weighted by atomic mass is 35.5. The van der Waals surface area contributed by atoms with E-state index in [1.807, 2.05) is 32.0 Å². The van der Waals surface area contributed by atoms with Crippen LogP contribution in [0.4, 0.5) is 0 Å². The fraction of sp³-hybridized carbons (Fsp3) is 0.400. The lowest BCUT2D eigenvalue weighted by Gasteiger charge is -2.42. The second-order valence-electron chi connectivity index (χ2n) is 8.66. The summed E-state index contributed by atoms with van der Waals surface area (Å²) in [5.41, 5.74) is 1.81. The molecule has 2 aliphatic heterocycles. The Kier molecular flexibility index (Phi) is 6.61. The molecule has 174 valence electrons. The monoisotopic (exact) mass is 468 g/mol. The number of rotatable bonds is 6. The SMILES string of the molecule is CCC1(CC)CC(=O)N(Cc2cccc(C(=O)NC3CCOc4ccc(Cl)cc43)c2)C(=N)N1. The van der Waals surface area contributed by atoms with E-state index >= 15 is 0 Å². The molecule has 3 N–H and O–H groups in total. The van der Waals surface area contributed by atoms with Crippen LogP contribution in [0.25, 0.3) is 0 Å². The zero-order chi connectivity index (χ0) is 23.6. The highest BCUT2D eigenvalue weighted by Crippen LogP contribution is 2.34. The minimum absolute atomic E-state index is 0.0759. The van der Waals surface area contributed by atoms with Gasteiger partial charge in [-0.05, 0) is 48.7 Å². The van der Waals surface area contributed by atoms with E-state index in [-0.39, 0.29) is 35.9 Å². The second-order valence-corrected chi connectivity index (χ2v) is 9.10. The van der Waals surface area contributed by atoms with Gasteiger partial charge in [-0.2, -0.15) is 0 Å². The number of guanidine groups is 1. The molecule has 0 radical (unpaired) electrons. The van der Waals surface area contributed by atoms with Crippen LogP contribution in [0.1, 0.15) is 67.1 Å². The van der Waals surface area contributed by atoms with E-state index in [0.29, 0.717) is 30.0 Å². The van der Waals surface area contributed by atoms with E-state index in [4.69, 9.17) is 21.7 Å². The lowest BCUT2D eigenvalue weighted by molar-refractivity contribution is -0.131. The van der Waals surface area contributed by atoms with Crippen molar-refractivity contribution in [1.82, 2.24) is 15.5 Å². The second kappa shape index (κ2) is 9.43. The predicted molar refractivity (Wildman–Crippen MR) is 128 cm³/mol. The first kappa shape index (κ1) is 23.1. The van der Waals surface area contributed by atoms with E-state index in [2.05, 4.69) is 10.6 Å². The number of carbonyl (C=O) groups is 2. The van der Waals surface area contributed by atoms with Gasteiger partial charge < -0.3 is 15.4 Å². The number of nitrogens with zero attached hydrogens (tertiary/aromatic N) is 1. The van der Waals surface area contributed by atoms with Gasteiger partial charge in [0.25, 0.3) is 5.91 Å². The molecule has 1 atom stereocenters. The van der Waals surface area contributed by atoms with Gasteiger partial charge in [0.15, 0.2) is 5.96 Å². The lowest BCUT2D eigenvalue weighted by atomic mass is 9.87. The van der Waals surface area contributed by atoms with Crippen LogP contribution in [-0.4, -0.2) is 34.8 Å². The molecule has 0 spiro atoms. The van der Waals surface area contributed by atoms with Crippen molar-refractivity contribution in [1.29, 1.82) is 5.41 Å². The number of benzene rings is 2. The maximum atomic E-state index is 13.0.